The summed E-state index contributed by atoms with van der Waals surface area (Å²) in [5, 5.41) is 0.667. The van der Waals surface area contributed by atoms with Gasteiger partial charge in [0.25, 0.3) is 0 Å². The third-order valence-electron chi connectivity index (χ3n) is 2.02. The van der Waals surface area contributed by atoms with Crippen LogP contribution in [0.5, 0.6) is 0 Å². The first-order valence-corrected chi connectivity index (χ1v) is 5.64. The molecule has 2 N–H and O–H groups in total. The van der Waals surface area contributed by atoms with Crippen LogP contribution in [0.1, 0.15) is 5.76 Å². The molecule has 2 nitrogen and oxygen atoms in total. The summed E-state index contributed by atoms with van der Waals surface area (Å²) >= 11 is 7.59. The summed E-state index contributed by atoms with van der Waals surface area (Å²) in [6.45, 7) is 1.91. The number of furan rings is 1. The second kappa shape index (κ2) is 4.21. The summed E-state index contributed by atoms with van der Waals surface area (Å²) in [7, 11) is 0. The molecule has 0 aliphatic carbocycles. The lowest BCUT2D eigenvalue weighted by atomic mass is 10.3. The van der Waals surface area contributed by atoms with Crippen LogP contribution >= 0.6 is 23.4 Å². The number of nitrogens with two attached hydrogens (primary N) is 1. The predicted molar refractivity (Wildman–Crippen MR) is 63.4 cm³/mol. The van der Waals surface area contributed by atoms with Crippen LogP contribution in [-0.2, 0) is 0 Å². The van der Waals surface area contributed by atoms with Crippen LogP contribution in [0.4, 0.5) is 5.69 Å². The van der Waals surface area contributed by atoms with Crippen LogP contribution in [0, 0.1) is 6.92 Å². The lowest BCUT2D eigenvalue weighted by molar-refractivity contribution is 0.527. The second-order valence-corrected chi connectivity index (χ2v) is 4.56. The van der Waals surface area contributed by atoms with Crippen molar-refractivity contribution in [2.24, 2.45) is 0 Å². The lowest BCUT2D eigenvalue weighted by Crippen LogP contribution is -1.88. The van der Waals surface area contributed by atoms with Crippen molar-refractivity contribution in [1.29, 1.82) is 0 Å². The Hall–Kier alpha value is -1.06. The molecule has 0 aliphatic rings. The number of benzene rings is 1. The average Bonchev–Trinajstić information content (AvgIpc) is 2.58. The fraction of sp³-hybridized carbons (Fsp3) is 0.0909. The SMILES string of the molecule is Cc1occc1Sc1c(N)cccc1Cl. The quantitative estimate of drug-likeness (QED) is 0.806. The van der Waals surface area contributed by atoms with Gasteiger partial charge >= 0.3 is 0 Å². The zero-order valence-electron chi connectivity index (χ0n) is 8.16. The number of rotatable bonds is 2. The molecule has 15 heavy (non-hydrogen) atoms. The number of aryl methyl sites for hydroxylation is 1. The summed E-state index contributed by atoms with van der Waals surface area (Å²) in [5.74, 6) is 0.874. The van der Waals surface area contributed by atoms with Gasteiger partial charge in [0.1, 0.15) is 5.76 Å². The molecule has 0 fully saturated rings. The number of anilines is 1. The normalized spacial score (nSPS) is 10.5. The van der Waals surface area contributed by atoms with E-state index in [1.54, 1.807) is 6.26 Å². The number of hydrogen-bond acceptors (Lipinski definition) is 3. The molecule has 1 aromatic carbocycles. The van der Waals surface area contributed by atoms with E-state index >= 15 is 0 Å². The van der Waals surface area contributed by atoms with Crippen molar-refractivity contribution in [2.45, 2.75) is 16.7 Å². The van der Waals surface area contributed by atoms with E-state index < -0.39 is 0 Å². The average molecular weight is 240 g/mol. The largest absolute Gasteiger partial charge is 0.468 e. The van der Waals surface area contributed by atoms with E-state index in [4.69, 9.17) is 21.8 Å². The van der Waals surface area contributed by atoms with Gasteiger partial charge in [-0.05, 0) is 25.1 Å². The number of nitrogen functional groups attached to an aromatic ring is 1. The summed E-state index contributed by atoms with van der Waals surface area (Å²) in [6.07, 6.45) is 1.66. The maximum absolute atomic E-state index is 6.07. The molecule has 0 unspecified atom stereocenters. The van der Waals surface area contributed by atoms with Crippen LogP contribution < -0.4 is 5.73 Å². The molecule has 0 amide bonds. The van der Waals surface area contributed by atoms with Crippen LogP contribution in [-0.4, -0.2) is 0 Å². The second-order valence-electron chi connectivity index (χ2n) is 3.10. The van der Waals surface area contributed by atoms with Crippen molar-refractivity contribution in [3.63, 3.8) is 0 Å². The van der Waals surface area contributed by atoms with E-state index in [1.807, 2.05) is 31.2 Å². The first-order chi connectivity index (χ1) is 7.18. The topological polar surface area (TPSA) is 39.2 Å². The highest BCUT2D eigenvalue weighted by molar-refractivity contribution is 7.99. The van der Waals surface area contributed by atoms with Gasteiger partial charge in [0.2, 0.25) is 0 Å². The highest BCUT2D eigenvalue weighted by Gasteiger charge is 2.09. The fourth-order valence-corrected chi connectivity index (χ4v) is 2.41. The maximum atomic E-state index is 6.07. The van der Waals surface area contributed by atoms with Crippen LogP contribution in [0.15, 0.2) is 44.7 Å². The molecule has 0 bridgehead atoms. The van der Waals surface area contributed by atoms with Crippen molar-refractivity contribution in [3.8, 4) is 0 Å². The van der Waals surface area contributed by atoms with Gasteiger partial charge in [0, 0.05) is 5.69 Å². The Balaban J connectivity index is 2.36. The minimum Gasteiger partial charge on any atom is -0.468 e. The first-order valence-electron chi connectivity index (χ1n) is 4.44. The minimum atomic E-state index is 0.667. The highest BCUT2D eigenvalue weighted by Crippen LogP contribution is 2.38. The van der Waals surface area contributed by atoms with Crippen LogP contribution in [0.2, 0.25) is 5.02 Å². The lowest BCUT2D eigenvalue weighted by Gasteiger charge is -2.06. The molecule has 0 saturated heterocycles. The molecule has 4 heteroatoms. The van der Waals surface area contributed by atoms with Gasteiger partial charge in [0.15, 0.2) is 0 Å². The van der Waals surface area contributed by atoms with E-state index in [2.05, 4.69) is 0 Å². The third kappa shape index (κ3) is 2.13. The van der Waals surface area contributed by atoms with Gasteiger partial charge < -0.3 is 10.2 Å². The Kier molecular flexibility index (Phi) is 2.93. The van der Waals surface area contributed by atoms with Gasteiger partial charge in [-0.3, -0.25) is 0 Å². The highest BCUT2D eigenvalue weighted by atomic mass is 35.5. The maximum Gasteiger partial charge on any atom is 0.114 e. The van der Waals surface area contributed by atoms with Gasteiger partial charge in [-0.25, -0.2) is 0 Å². The Labute approximate surface area is 97.4 Å². The van der Waals surface area contributed by atoms with Crippen molar-refractivity contribution >= 4 is 29.1 Å². The molecule has 0 spiro atoms. The number of hydrogen-bond donors (Lipinski definition) is 1. The molecule has 0 atom stereocenters. The molecule has 0 radical (unpaired) electrons. The Morgan fingerprint density at radius 2 is 2.13 bits per heavy atom. The van der Waals surface area contributed by atoms with Crippen molar-refractivity contribution in [2.75, 3.05) is 5.73 Å². The Bertz CT molecular complexity index is 461. The standard InChI is InChI=1S/C11H10ClNOS/c1-7-10(5-6-14-7)15-11-8(12)3-2-4-9(11)13/h2-6H,13H2,1H3. The molecule has 78 valence electrons. The minimum absolute atomic E-state index is 0.667. The summed E-state index contributed by atoms with van der Waals surface area (Å²) in [4.78, 5) is 1.92. The molecular formula is C11H10ClNOS. The zero-order valence-corrected chi connectivity index (χ0v) is 9.73. The molecule has 0 aliphatic heterocycles. The van der Waals surface area contributed by atoms with E-state index in [1.165, 1.54) is 11.8 Å². The molecule has 2 rings (SSSR count). The van der Waals surface area contributed by atoms with E-state index in [0.717, 1.165) is 15.6 Å². The smallest absolute Gasteiger partial charge is 0.114 e. The van der Waals surface area contributed by atoms with Crippen molar-refractivity contribution in [1.82, 2.24) is 0 Å². The van der Waals surface area contributed by atoms with E-state index in [0.29, 0.717) is 10.7 Å². The molecule has 1 heterocycles. The Morgan fingerprint density at radius 3 is 2.73 bits per heavy atom. The first kappa shape index (κ1) is 10.5. The third-order valence-corrected chi connectivity index (χ3v) is 3.75. The summed E-state index contributed by atoms with van der Waals surface area (Å²) < 4.78 is 5.21. The van der Waals surface area contributed by atoms with Crippen molar-refractivity contribution in [3.05, 3.63) is 41.3 Å². The molecular weight excluding hydrogens is 230 g/mol. The van der Waals surface area contributed by atoms with Gasteiger partial charge in [-0.1, -0.05) is 29.4 Å². The predicted octanol–water partition coefficient (Wildman–Crippen LogP) is 3.97. The van der Waals surface area contributed by atoms with Crippen molar-refractivity contribution < 1.29 is 4.42 Å². The monoisotopic (exact) mass is 239 g/mol. The summed E-state index contributed by atoms with van der Waals surface area (Å²) in [6, 6.07) is 7.41. The number of halogens is 1. The molecule has 2 aromatic rings. The van der Waals surface area contributed by atoms with E-state index in [9.17, 15) is 0 Å². The molecule has 0 saturated carbocycles. The van der Waals surface area contributed by atoms with Gasteiger partial charge in [-0.2, -0.15) is 0 Å². The van der Waals surface area contributed by atoms with Gasteiger partial charge in [0.05, 0.1) is 21.1 Å². The van der Waals surface area contributed by atoms with Crippen LogP contribution in [0.3, 0.4) is 0 Å². The Morgan fingerprint density at radius 1 is 1.33 bits per heavy atom. The van der Waals surface area contributed by atoms with Crippen LogP contribution in [0.25, 0.3) is 0 Å². The van der Waals surface area contributed by atoms with E-state index in [-0.39, 0.29) is 0 Å². The fourth-order valence-electron chi connectivity index (χ4n) is 1.22. The van der Waals surface area contributed by atoms with Gasteiger partial charge in [-0.15, -0.1) is 0 Å². The molecule has 1 aromatic heterocycles. The zero-order chi connectivity index (χ0) is 10.8. The summed E-state index contributed by atoms with van der Waals surface area (Å²) in [5.41, 5.74) is 6.54.